The number of benzene rings is 1. The normalized spacial score (nSPS) is 15.6. The van der Waals surface area contributed by atoms with E-state index in [-0.39, 0.29) is 17.6 Å². The summed E-state index contributed by atoms with van der Waals surface area (Å²) in [5, 5.41) is 14.3. The van der Waals surface area contributed by atoms with Gasteiger partial charge < -0.3 is 24.2 Å². The van der Waals surface area contributed by atoms with Crippen molar-refractivity contribution in [1.29, 1.82) is 0 Å². The summed E-state index contributed by atoms with van der Waals surface area (Å²) >= 11 is 0. The molecule has 1 aromatic heterocycles. The summed E-state index contributed by atoms with van der Waals surface area (Å²) in [7, 11) is 1.58. The quantitative estimate of drug-likeness (QED) is 0.876. The second-order valence-electron chi connectivity index (χ2n) is 6.48. The van der Waals surface area contributed by atoms with Gasteiger partial charge in [-0.3, -0.25) is 9.59 Å². The minimum absolute atomic E-state index is 0.00627. The first kappa shape index (κ1) is 18.9. The SMILES string of the molecule is COc1ccc(-c2noc(C(=O)N3CCN(C(C)=O)CC3)c2C(C)O)cc1. The molecule has 2 aromatic rings. The fourth-order valence-corrected chi connectivity index (χ4v) is 3.16. The van der Waals surface area contributed by atoms with E-state index in [1.54, 1.807) is 48.1 Å². The number of aliphatic hydroxyl groups is 1. The first-order valence-electron chi connectivity index (χ1n) is 8.79. The van der Waals surface area contributed by atoms with E-state index in [1.807, 2.05) is 0 Å². The highest BCUT2D eigenvalue weighted by Crippen LogP contribution is 2.32. The highest BCUT2D eigenvalue weighted by Gasteiger charge is 2.31. The van der Waals surface area contributed by atoms with Gasteiger partial charge in [0.1, 0.15) is 11.4 Å². The van der Waals surface area contributed by atoms with Crippen LogP contribution < -0.4 is 4.74 Å². The van der Waals surface area contributed by atoms with Gasteiger partial charge in [-0.25, -0.2) is 0 Å². The van der Waals surface area contributed by atoms with Crippen molar-refractivity contribution in [3.05, 3.63) is 35.6 Å². The van der Waals surface area contributed by atoms with Crippen LogP contribution >= 0.6 is 0 Å². The third-order valence-corrected chi connectivity index (χ3v) is 4.72. The Labute approximate surface area is 157 Å². The highest BCUT2D eigenvalue weighted by molar-refractivity contribution is 5.95. The number of piperazine rings is 1. The Hall–Kier alpha value is -2.87. The van der Waals surface area contributed by atoms with Crippen molar-refractivity contribution in [2.75, 3.05) is 33.3 Å². The minimum atomic E-state index is -0.925. The molecule has 144 valence electrons. The maximum atomic E-state index is 12.9. The molecule has 8 nitrogen and oxygen atoms in total. The Morgan fingerprint density at radius 1 is 1.15 bits per heavy atom. The van der Waals surface area contributed by atoms with Gasteiger partial charge >= 0.3 is 0 Å². The first-order chi connectivity index (χ1) is 12.9. The van der Waals surface area contributed by atoms with Crippen LogP contribution in [0.3, 0.4) is 0 Å². The molecule has 1 aliphatic rings. The van der Waals surface area contributed by atoms with Crippen LogP contribution in [-0.2, 0) is 4.79 Å². The molecule has 0 bridgehead atoms. The van der Waals surface area contributed by atoms with Crippen LogP contribution in [0.15, 0.2) is 28.8 Å². The lowest BCUT2D eigenvalue weighted by Gasteiger charge is -2.33. The zero-order chi connectivity index (χ0) is 19.6. The molecular weight excluding hydrogens is 350 g/mol. The van der Waals surface area contributed by atoms with E-state index in [4.69, 9.17) is 9.26 Å². The number of aromatic nitrogens is 1. The molecule has 1 aliphatic heterocycles. The summed E-state index contributed by atoms with van der Waals surface area (Å²) in [5.74, 6) is 0.391. The molecule has 1 fully saturated rings. The number of amides is 2. The summed E-state index contributed by atoms with van der Waals surface area (Å²) in [4.78, 5) is 27.7. The molecule has 2 amide bonds. The number of rotatable bonds is 4. The van der Waals surface area contributed by atoms with Crippen molar-refractivity contribution in [2.24, 2.45) is 0 Å². The van der Waals surface area contributed by atoms with Crippen molar-refractivity contribution in [2.45, 2.75) is 20.0 Å². The number of methoxy groups -OCH3 is 1. The Morgan fingerprint density at radius 3 is 2.26 bits per heavy atom. The van der Waals surface area contributed by atoms with E-state index in [0.29, 0.717) is 43.2 Å². The summed E-state index contributed by atoms with van der Waals surface area (Å²) in [5.41, 5.74) is 1.51. The van der Waals surface area contributed by atoms with Gasteiger partial charge in [-0.15, -0.1) is 0 Å². The minimum Gasteiger partial charge on any atom is -0.497 e. The van der Waals surface area contributed by atoms with E-state index < -0.39 is 6.10 Å². The van der Waals surface area contributed by atoms with Crippen molar-refractivity contribution in [3.8, 4) is 17.0 Å². The molecule has 8 heteroatoms. The van der Waals surface area contributed by atoms with Gasteiger partial charge in [0.25, 0.3) is 5.91 Å². The molecule has 1 aromatic carbocycles. The summed E-state index contributed by atoms with van der Waals surface area (Å²) in [6.07, 6.45) is -0.925. The Morgan fingerprint density at radius 2 is 1.74 bits per heavy atom. The van der Waals surface area contributed by atoms with Gasteiger partial charge in [0.05, 0.1) is 18.8 Å². The molecule has 0 aliphatic carbocycles. The van der Waals surface area contributed by atoms with E-state index in [2.05, 4.69) is 5.16 Å². The molecule has 0 radical (unpaired) electrons. The van der Waals surface area contributed by atoms with E-state index >= 15 is 0 Å². The molecule has 1 N–H and O–H groups in total. The second kappa shape index (κ2) is 7.79. The predicted molar refractivity (Wildman–Crippen MR) is 97.3 cm³/mol. The van der Waals surface area contributed by atoms with Crippen molar-refractivity contribution >= 4 is 11.8 Å². The van der Waals surface area contributed by atoms with E-state index in [0.717, 1.165) is 5.56 Å². The second-order valence-corrected chi connectivity index (χ2v) is 6.48. The molecule has 1 atom stereocenters. The lowest BCUT2D eigenvalue weighted by molar-refractivity contribution is -0.130. The zero-order valence-corrected chi connectivity index (χ0v) is 15.6. The summed E-state index contributed by atoms with van der Waals surface area (Å²) in [6.45, 7) is 4.87. The number of carbonyl (C=O) groups is 2. The fourth-order valence-electron chi connectivity index (χ4n) is 3.16. The van der Waals surface area contributed by atoms with Crippen molar-refractivity contribution < 1.29 is 24.0 Å². The third kappa shape index (κ3) is 3.80. The van der Waals surface area contributed by atoms with Crippen LogP contribution in [0.25, 0.3) is 11.3 Å². The van der Waals surface area contributed by atoms with Gasteiger partial charge in [-0.05, 0) is 31.2 Å². The smallest absolute Gasteiger partial charge is 0.293 e. The third-order valence-electron chi connectivity index (χ3n) is 4.72. The predicted octanol–water partition coefficient (Wildman–Crippen LogP) is 1.71. The maximum absolute atomic E-state index is 12.9. The van der Waals surface area contributed by atoms with Crippen molar-refractivity contribution in [3.63, 3.8) is 0 Å². The first-order valence-corrected chi connectivity index (χ1v) is 8.79. The van der Waals surface area contributed by atoms with Crippen LogP contribution in [0.2, 0.25) is 0 Å². The van der Waals surface area contributed by atoms with Gasteiger partial charge in [0.2, 0.25) is 11.7 Å². The van der Waals surface area contributed by atoms with Gasteiger partial charge in [0.15, 0.2) is 0 Å². The monoisotopic (exact) mass is 373 g/mol. The Balaban J connectivity index is 1.86. The van der Waals surface area contributed by atoms with E-state index in [9.17, 15) is 14.7 Å². The fraction of sp³-hybridized carbons (Fsp3) is 0.421. The van der Waals surface area contributed by atoms with Gasteiger partial charge in [0, 0.05) is 38.7 Å². The van der Waals surface area contributed by atoms with Crippen LogP contribution in [0.4, 0.5) is 0 Å². The maximum Gasteiger partial charge on any atom is 0.293 e. The lowest BCUT2D eigenvalue weighted by atomic mass is 10.0. The van der Waals surface area contributed by atoms with Crippen LogP contribution in [0.1, 0.15) is 36.1 Å². The zero-order valence-electron chi connectivity index (χ0n) is 15.6. The van der Waals surface area contributed by atoms with E-state index in [1.165, 1.54) is 6.92 Å². The molecule has 0 saturated carbocycles. The van der Waals surface area contributed by atoms with Crippen LogP contribution in [0.5, 0.6) is 5.75 Å². The molecular formula is C19H23N3O5. The topological polar surface area (TPSA) is 96.1 Å². The number of aliphatic hydroxyl groups excluding tert-OH is 1. The summed E-state index contributed by atoms with van der Waals surface area (Å²) < 4.78 is 10.5. The van der Waals surface area contributed by atoms with Gasteiger partial charge in [-0.1, -0.05) is 5.16 Å². The number of hydrogen-bond acceptors (Lipinski definition) is 6. The average molecular weight is 373 g/mol. The molecule has 1 saturated heterocycles. The van der Waals surface area contributed by atoms with Crippen LogP contribution in [0, 0.1) is 0 Å². The number of hydrogen-bond donors (Lipinski definition) is 1. The van der Waals surface area contributed by atoms with Crippen LogP contribution in [-0.4, -0.2) is 65.2 Å². The standard InChI is InChI=1S/C19H23N3O5/c1-12(23)16-17(14-4-6-15(26-3)7-5-14)20-27-18(16)19(25)22-10-8-21(9-11-22)13(2)24/h4-7,12,23H,8-11H2,1-3H3. The number of ether oxygens (including phenoxy) is 1. The van der Waals surface area contributed by atoms with Gasteiger partial charge in [-0.2, -0.15) is 0 Å². The molecule has 27 heavy (non-hydrogen) atoms. The average Bonchev–Trinajstić information content (AvgIpc) is 3.13. The molecule has 0 spiro atoms. The molecule has 1 unspecified atom stereocenters. The highest BCUT2D eigenvalue weighted by atomic mass is 16.5. The van der Waals surface area contributed by atoms with Crippen molar-refractivity contribution in [1.82, 2.24) is 15.0 Å². The lowest BCUT2D eigenvalue weighted by Crippen LogP contribution is -2.50. The number of carbonyl (C=O) groups excluding carboxylic acids is 2. The Kier molecular flexibility index (Phi) is 5.46. The molecule has 2 heterocycles. The largest absolute Gasteiger partial charge is 0.497 e. The summed E-state index contributed by atoms with van der Waals surface area (Å²) in [6, 6.07) is 7.14. The number of nitrogens with zero attached hydrogens (tertiary/aromatic N) is 3. The molecule has 3 rings (SSSR count). The Bertz CT molecular complexity index is 820.